The highest BCUT2D eigenvalue weighted by Gasteiger charge is 2.32. The van der Waals surface area contributed by atoms with Crippen molar-refractivity contribution < 1.29 is 35.5 Å². The predicted octanol–water partition coefficient (Wildman–Crippen LogP) is 4.08. The van der Waals surface area contributed by atoms with E-state index < -0.39 is 33.7 Å². The highest BCUT2D eigenvalue weighted by Crippen LogP contribution is 2.38. The molecule has 0 aliphatic rings. The van der Waals surface area contributed by atoms with Crippen molar-refractivity contribution in [2.45, 2.75) is 11.1 Å². The molecule has 1 heterocycles. The molecule has 0 fully saturated rings. The normalized spacial score (nSPS) is 11.9. The van der Waals surface area contributed by atoms with Crippen LogP contribution in [0.1, 0.15) is 15.9 Å². The molecular weight excluding hydrogens is 536 g/mol. The number of carbonyl (C=O) groups is 1. The molecule has 0 atom stereocenters. The smallest absolute Gasteiger partial charge is 0.416 e. The van der Waals surface area contributed by atoms with Gasteiger partial charge in [0.15, 0.2) is 0 Å². The fourth-order valence-electron chi connectivity index (χ4n) is 3.39. The quantitative estimate of drug-likeness (QED) is 0.233. The Balaban J connectivity index is 1.97. The van der Waals surface area contributed by atoms with Crippen LogP contribution in [0.2, 0.25) is 0 Å². The molecular formula is C23H22F4N4O4S2. The Morgan fingerprint density at radius 3 is 2.54 bits per heavy atom. The van der Waals surface area contributed by atoms with Gasteiger partial charge in [-0.1, -0.05) is 0 Å². The number of nitrogens with two attached hydrogens (primary N) is 1. The number of thioether (sulfide) groups is 1. The second-order valence-corrected chi connectivity index (χ2v) is 10.2. The van der Waals surface area contributed by atoms with Crippen molar-refractivity contribution in [2.75, 3.05) is 31.4 Å². The minimum atomic E-state index is -4.73. The van der Waals surface area contributed by atoms with E-state index in [1.165, 1.54) is 50.8 Å². The number of anilines is 1. The number of halogens is 4. The molecule has 0 unspecified atom stereocenters. The number of aromatic nitrogens is 1. The van der Waals surface area contributed by atoms with Gasteiger partial charge in [-0.05, 0) is 36.4 Å². The number of amides is 1. The topological polar surface area (TPSA) is 115 Å². The summed E-state index contributed by atoms with van der Waals surface area (Å²) < 4.78 is 83.7. The Hall–Kier alpha value is -3.20. The van der Waals surface area contributed by atoms with E-state index in [1.54, 1.807) is 6.07 Å². The van der Waals surface area contributed by atoms with Gasteiger partial charge in [0.25, 0.3) is 16.1 Å². The molecule has 0 aliphatic carbocycles. The standard InChI is InChI=1S/C23H22F4N4O4S2/c1-31(20-13-29-6-5-18(20)19-4-3-16(24)12-21(19)35-2)22(32)14-9-15(23(25,26)27)11-17(10-14)36-8-7-30-37(28,33)34/h3-6,9-13,30H,7-8H2,1-2H3,(H2,28,33,34). The summed E-state index contributed by atoms with van der Waals surface area (Å²) in [4.78, 5) is 18.6. The van der Waals surface area contributed by atoms with Gasteiger partial charge in [-0.15, -0.1) is 11.8 Å². The Bertz CT molecular complexity index is 1400. The lowest BCUT2D eigenvalue weighted by atomic mass is 10.0. The zero-order chi connectivity index (χ0) is 27.4. The second kappa shape index (κ2) is 11.5. The van der Waals surface area contributed by atoms with Crippen molar-refractivity contribution in [2.24, 2.45) is 5.14 Å². The van der Waals surface area contributed by atoms with Crippen LogP contribution < -0.4 is 19.5 Å². The van der Waals surface area contributed by atoms with Crippen LogP contribution in [0.15, 0.2) is 59.8 Å². The molecule has 37 heavy (non-hydrogen) atoms. The first-order valence-electron chi connectivity index (χ1n) is 10.5. The Kier molecular flexibility index (Phi) is 8.79. The van der Waals surface area contributed by atoms with Gasteiger partial charge in [0.1, 0.15) is 11.6 Å². The van der Waals surface area contributed by atoms with Crippen molar-refractivity contribution >= 4 is 33.6 Å². The average molecular weight is 559 g/mol. The maximum absolute atomic E-state index is 13.7. The van der Waals surface area contributed by atoms with Crippen LogP contribution in [0, 0.1) is 5.82 Å². The lowest BCUT2D eigenvalue weighted by Crippen LogP contribution is -2.32. The minimum absolute atomic E-state index is 0.0678. The summed E-state index contributed by atoms with van der Waals surface area (Å²) in [6.45, 7) is -0.124. The number of ether oxygens (including phenoxy) is 1. The van der Waals surface area contributed by atoms with Gasteiger partial charge in [-0.3, -0.25) is 9.78 Å². The van der Waals surface area contributed by atoms with E-state index >= 15 is 0 Å². The van der Waals surface area contributed by atoms with Crippen molar-refractivity contribution in [3.05, 3.63) is 71.8 Å². The van der Waals surface area contributed by atoms with E-state index in [9.17, 15) is 30.8 Å². The van der Waals surface area contributed by atoms with Crippen LogP contribution in [0.5, 0.6) is 5.75 Å². The van der Waals surface area contributed by atoms with E-state index in [-0.39, 0.29) is 34.2 Å². The maximum Gasteiger partial charge on any atom is 0.416 e. The summed E-state index contributed by atoms with van der Waals surface area (Å²) in [6.07, 6.45) is -1.92. The molecule has 14 heteroatoms. The van der Waals surface area contributed by atoms with Gasteiger partial charge >= 0.3 is 6.18 Å². The summed E-state index contributed by atoms with van der Waals surface area (Å²) in [6, 6.07) is 8.30. The van der Waals surface area contributed by atoms with Crippen molar-refractivity contribution in [1.29, 1.82) is 0 Å². The third kappa shape index (κ3) is 7.41. The first-order valence-corrected chi connectivity index (χ1v) is 13.0. The molecule has 0 aliphatic heterocycles. The molecule has 0 saturated heterocycles. The van der Waals surface area contributed by atoms with Gasteiger partial charge in [-0.2, -0.15) is 21.6 Å². The Morgan fingerprint density at radius 2 is 1.89 bits per heavy atom. The summed E-state index contributed by atoms with van der Waals surface area (Å²) in [5, 5.41) is 4.85. The summed E-state index contributed by atoms with van der Waals surface area (Å²) in [5.41, 5.74) is -0.149. The number of nitrogens with one attached hydrogen (secondary N) is 1. The van der Waals surface area contributed by atoms with Gasteiger partial charge in [-0.25, -0.2) is 14.3 Å². The molecule has 3 rings (SSSR count). The number of alkyl halides is 3. The fourth-order valence-corrected chi connectivity index (χ4v) is 4.77. The number of benzene rings is 2. The lowest BCUT2D eigenvalue weighted by molar-refractivity contribution is -0.137. The van der Waals surface area contributed by atoms with Gasteiger partial charge in [0.05, 0.1) is 24.6 Å². The van der Waals surface area contributed by atoms with Crippen LogP contribution in [-0.2, 0) is 16.4 Å². The van der Waals surface area contributed by atoms with Crippen LogP contribution in [0.3, 0.4) is 0 Å². The van der Waals surface area contributed by atoms with E-state index in [4.69, 9.17) is 9.88 Å². The molecule has 3 N–H and O–H groups in total. The number of hydrogen-bond acceptors (Lipinski definition) is 6. The molecule has 198 valence electrons. The molecule has 0 saturated carbocycles. The van der Waals surface area contributed by atoms with E-state index in [0.29, 0.717) is 11.1 Å². The zero-order valence-electron chi connectivity index (χ0n) is 19.5. The molecule has 2 aromatic carbocycles. The number of rotatable bonds is 9. The molecule has 0 bridgehead atoms. The summed E-state index contributed by atoms with van der Waals surface area (Å²) >= 11 is 0.919. The molecule has 0 spiro atoms. The molecule has 8 nitrogen and oxygen atoms in total. The van der Waals surface area contributed by atoms with Gasteiger partial charge in [0, 0.05) is 53.2 Å². The van der Waals surface area contributed by atoms with Crippen molar-refractivity contribution in [3.63, 3.8) is 0 Å². The first kappa shape index (κ1) is 28.4. The number of pyridine rings is 1. The predicted molar refractivity (Wildman–Crippen MR) is 132 cm³/mol. The van der Waals surface area contributed by atoms with Crippen molar-refractivity contribution in [3.8, 4) is 16.9 Å². The molecule has 1 aromatic heterocycles. The number of nitrogens with zero attached hydrogens (tertiary/aromatic N) is 2. The van der Waals surface area contributed by atoms with Crippen LogP contribution in [0.25, 0.3) is 11.1 Å². The number of methoxy groups -OCH3 is 1. The highest BCUT2D eigenvalue weighted by atomic mass is 32.2. The fraction of sp³-hybridized carbons (Fsp3) is 0.217. The Morgan fingerprint density at radius 1 is 1.16 bits per heavy atom. The summed E-state index contributed by atoms with van der Waals surface area (Å²) in [7, 11) is -1.22. The lowest BCUT2D eigenvalue weighted by Gasteiger charge is -2.22. The second-order valence-electron chi connectivity index (χ2n) is 7.63. The molecule has 3 aromatic rings. The third-order valence-electron chi connectivity index (χ3n) is 5.07. The highest BCUT2D eigenvalue weighted by molar-refractivity contribution is 7.99. The Labute approximate surface area is 215 Å². The van der Waals surface area contributed by atoms with E-state index in [0.717, 1.165) is 28.8 Å². The van der Waals surface area contributed by atoms with Gasteiger partial charge in [0.2, 0.25) is 0 Å². The number of hydrogen-bond donors (Lipinski definition) is 2. The molecule has 1 amide bonds. The maximum atomic E-state index is 13.7. The van der Waals surface area contributed by atoms with Crippen LogP contribution >= 0.6 is 11.8 Å². The monoisotopic (exact) mass is 558 g/mol. The van der Waals surface area contributed by atoms with Crippen LogP contribution in [0.4, 0.5) is 23.2 Å². The molecule has 0 radical (unpaired) electrons. The SMILES string of the molecule is COc1cc(F)ccc1-c1ccncc1N(C)C(=O)c1cc(SCCNS(N)(=O)=O)cc(C(F)(F)F)c1. The minimum Gasteiger partial charge on any atom is -0.496 e. The zero-order valence-corrected chi connectivity index (χ0v) is 21.2. The number of carbonyl (C=O) groups excluding carboxylic acids is 1. The van der Waals surface area contributed by atoms with Crippen molar-refractivity contribution in [1.82, 2.24) is 9.71 Å². The third-order valence-corrected chi connectivity index (χ3v) is 6.66. The van der Waals surface area contributed by atoms with Crippen LogP contribution in [-0.4, -0.2) is 45.8 Å². The van der Waals surface area contributed by atoms with Gasteiger partial charge < -0.3 is 9.64 Å². The first-order chi connectivity index (χ1) is 17.3. The summed E-state index contributed by atoms with van der Waals surface area (Å²) in [5.74, 6) is -1.03. The van der Waals surface area contributed by atoms with E-state index in [2.05, 4.69) is 4.98 Å². The van der Waals surface area contributed by atoms with E-state index in [1.807, 2.05) is 4.72 Å². The average Bonchev–Trinajstić information content (AvgIpc) is 2.84. The largest absolute Gasteiger partial charge is 0.496 e.